The topological polar surface area (TPSA) is 109 Å². The normalized spacial score (nSPS) is 12.0. The Kier molecular flexibility index (Phi) is 3.59. The van der Waals surface area contributed by atoms with Crippen LogP contribution in [0.15, 0.2) is 44.8 Å². The Hall–Kier alpha value is -2.39. The second-order valence-corrected chi connectivity index (χ2v) is 6.42. The van der Waals surface area contributed by atoms with Gasteiger partial charge < -0.3 is 4.42 Å². The van der Waals surface area contributed by atoms with E-state index in [2.05, 4.69) is 14.9 Å². The minimum absolute atomic E-state index is 0.00672. The lowest BCUT2D eigenvalue weighted by atomic mass is 10.4. The summed E-state index contributed by atoms with van der Waals surface area (Å²) >= 11 is 0. The Balaban J connectivity index is 1.98. The SMILES string of the molecule is CCc1n[nH]c(=O)c2cc(S(=O)(=O)NCc3ccco3)cn12. The largest absolute Gasteiger partial charge is 0.468 e. The zero-order valence-electron chi connectivity index (χ0n) is 11.7. The highest BCUT2D eigenvalue weighted by Gasteiger charge is 2.19. The van der Waals surface area contributed by atoms with Gasteiger partial charge in [0.1, 0.15) is 22.0 Å². The van der Waals surface area contributed by atoms with Crippen molar-refractivity contribution in [2.24, 2.45) is 0 Å². The molecule has 0 saturated heterocycles. The highest BCUT2D eigenvalue weighted by Crippen LogP contribution is 2.14. The van der Waals surface area contributed by atoms with Crippen LogP contribution in [-0.2, 0) is 23.0 Å². The first-order valence-electron chi connectivity index (χ1n) is 6.63. The van der Waals surface area contributed by atoms with Crippen LogP contribution in [0.1, 0.15) is 18.5 Å². The number of nitrogens with zero attached hydrogens (tertiary/aromatic N) is 2. The summed E-state index contributed by atoms with van der Waals surface area (Å²) in [6.45, 7) is 1.90. The molecule has 0 aliphatic heterocycles. The lowest BCUT2D eigenvalue weighted by Gasteiger charge is -2.02. The van der Waals surface area contributed by atoms with Gasteiger partial charge in [-0.25, -0.2) is 18.2 Å². The first-order valence-corrected chi connectivity index (χ1v) is 8.11. The highest BCUT2D eigenvalue weighted by molar-refractivity contribution is 7.89. The third-order valence-electron chi connectivity index (χ3n) is 3.24. The van der Waals surface area contributed by atoms with Crippen LogP contribution in [0, 0.1) is 0 Å². The second-order valence-electron chi connectivity index (χ2n) is 4.66. The average Bonchev–Trinajstić information content (AvgIpc) is 3.16. The molecule has 0 saturated carbocycles. The number of sulfonamides is 1. The summed E-state index contributed by atoms with van der Waals surface area (Å²) in [5.41, 5.74) is -0.199. The zero-order valence-corrected chi connectivity index (χ0v) is 12.6. The van der Waals surface area contributed by atoms with Crippen molar-refractivity contribution >= 4 is 15.5 Å². The number of rotatable bonds is 5. The maximum absolute atomic E-state index is 12.3. The summed E-state index contributed by atoms with van der Waals surface area (Å²) < 4.78 is 33.6. The van der Waals surface area contributed by atoms with E-state index in [0.717, 1.165) is 0 Å². The standard InChI is InChI=1S/C13H14N4O4S/c1-2-12-15-16-13(18)11-6-10(8-17(11)12)22(19,20)14-7-9-4-3-5-21-9/h3-6,8,14H,2,7H2,1H3,(H,16,18). The number of aromatic amines is 1. The van der Waals surface area contributed by atoms with E-state index in [1.165, 1.54) is 22.9 Å². The molecule has 3 heterocycles. The molecule has 116 valence electrons. The molecule has 3 aromatic heterocycles. The smallest absolute Gasteiger partial charge is 0.288 e. The van der Waals surface area contributed by atoms with Crippen LogP contribution in [0.4, 0.5) is 0 Å². The fourth-order valence-electron chi connectivity index (χ4n) is 2.11. The molecule has 2 N–H and O–H groups in total. The summed E-state index contributed by atoms with van der Waals surface area (Å²) in [5.74, 6) is 1.07. The van der Waals surface area contributed by atoms with Crippen LogP contribution in [0.2, 0.25) is 0 Å². The molecule has 0 aromatic carbocycles. The molecule has 0 bridgehead atoms. The van der Waals surface area contributed by atoms with E-state index in [-0.39, 0.29) is 17.0 Å². The van der Waals surface area contributed by atoms with Gasteiger partial charge in [0.2, 0.25) is 10.0 Å². The summed E-state index contributed by atoms with van der Waals surface area (Å²) in [6.07, 6.45) is 3.41. The minimum atomic E-state index is -3.75. The van der Waals surface area contributed by atoms with Crippen LogP contribution in [0.25, 0.3) is 5.52 Å². The molecule has 9 heteroatoms. The quantitative estimate of drug-likeness (QED) is 0.717. The second kappa shape index (κ2) is 5.43. The molecule has 22 heavy (non-hydrogen) atoms. The minimum Gasteiger partial charge on any atom is -0.468 e. The van der Waals surface area contributed by atoms with E-state index in [1.54, 1.807) is 12.1 Å². The molecular weight excluding hydrogens is 308 g/mol. The Morgan fingerprint density at radius 1 is 1.45 bits per heavy atom. The number of H-pyrrole nitrogens is 1. The number of fused-ring (bicyclic) bond motifs is 1. The van der Waals surface area contributed by atoms with Gasteiger partial charge in [-0.05, 0) is 18.2 Å². The fraction of sp³-hybridized carbons (Fsp3) is 0.231. The molecule has 0 aliphatic rings. The molecule has 0 fully saturated rings. The van der Waals surface area contributed by atoms with Gasteiger partial charge >= 0.3 is 0 Å². The van der Waals surface area contributed by atoms with E-state index in [0.29, 0.717) is 18.0 Å². The third kappa shape index (κ3) is 2.55. The van der Waals surface area contributed by atoms with E-state index in [4.69, 9.17) is 4.42 Å². The highest BCUT2D eigenvalue weighted by atomic mass is 32.2. The van der Waals surface area contributed by atoms with E-state index in [1.807, 2.05) is 6.92 Å². The predicted molar refractivity (Wildman–Crippen MR) is 77.9 cm³/mol. The maximum Gasteiger partial charge on any atom is 0.288 e. The number of furan rings is 1. The lowest BCUT2D eigenvalue weighted by molar-refractivity contribution is 0.498. The Labute approximate surface area is 125 Å². The molecule has 0 atom stereocenters. The van der Waals surface area contributed by atoms with Crippen molar-refractivity contribution < 1.29 is 12.8 Å². The van der Waals surface area contributed by atoms with E-state index < -0.39 is 15.6 Å². The summed E-state index contributed by atoms with van der Waals surface area (Å²) in [6, 6.07) is 4.67. The van der Waals surface area contributed by atoms with Crippen LogP contribution >= 0.6 is 0 Å². The van der Waals surface area contributed by atoms with Gasteiger partial charge in [-0.15, -0.1) is 0 Å². The van der Waals surface area contributed by atoms with Crippen molar-refractivity contribution in [1.29, 1.82) is 0 Å². The molecule has 0 unspecified atom stereocenters. The summed E-state index contributed by atoms with van der Waals surface area (Å²) in [4.78, 5) is 11.8. The number of nitrogens with one attached hydrogen (secondary N) is 2. The van der Waals surface area contributed by atoms with Crippen molar-refractivity contribution in [1.82, 2.24) is 19.3 Å². The molecular formula is C13H14N4O4S. The Morgan fingerprint density at radius 2 is 2.27 bits per heavy atom. The van der Waals surface area contributed by atoms with Crippen LogP contribution < -0.4 is 10.3 Å². The third-order valence-corrected chi connectivity index (χ3v) is 4.60. The van der Waals surface area contributed by atoms with Crippen LogP contribution in [-0.4, -0.2) is 23.0 Å². The van der Waals surface area contributed by atoms with Gasteiger partial charge in [0, 0.05) is 12.6 Å². The van der Waals surface area contributed by atoms with Gasteiger partial charge in [-0.2, -0.15) is 5.10 Å². The zero-order chi connectivity index (χ0) is 15.7. The number of aryl methyl sites for hydroxylation is 1. The first kappa shape index (κ1) is 14.5. The van der Waals surface area contributed by atoms with E-state index in [9.17, 15) is 13.2 Å². The average molecular weight is 322 g/mol. The predicted octanol–water partition coefficient (Wildman–Crippen LogP) is 0.656. The van der Waals surface area contributed by atoms with Crippen molar-refractivity contribution in [3.05, 3.63) is 52.6 Å². The van der Waals surface area contributed by atoms with E-state index >= 15 is 0 Å². The van der Waals surface area contributed by atoms with Crippen LogP contribution in [0.3, 0.4) is 0 Å². The fourth-order valence-corrected chi connectivity index (χ4v) is 3.12. The molecule has 0 spiro atoms. The Morgan fingerprint density at radius 3 is 2.95 bits per heavy atom. The molecule has 0 radical (unpaired) electrons. The Bertz CT molecular complexity index is 954. The number of aromatic nitrogens is 3. The monoisotopic (exact) mass is 322 g/mol. The van der Waals surface area contributed by atoms with Crippen LogP contribution in [0.5, 0.6) is 0 Å². The first-order chi connectivity index (χ1) is 10.5. The molecule has 0 aliphatic carbocycles. The van der Waals surface area contributed by atoms with Gasteiger partial charge in [0.15, 0.2) is 0 Å². The molecule has 8 nitrogen and oxygen atoms in total. The summed E-state index contributed by atoms with van der Waals surface area (Å²) in [5, 5.41) is 6.26. The van der Waals surface area contributed by atoms with Gasteiger partial charge in [0.25, 0.3) is 5.56 Å². The number of hydrogen-bond donors (Lipinski definition) is 2. The van der Waals surface area contributed by atoms with Gasteiger partial charge in [-0.1, -0.05) is 6.92 Å². The van der Waals surface area contributed by atoms with Gasteiger partial charge in [-0.3, -0.25) is 9.20 Å². The molecule has 3 rings (SSSR count). The van der Waals surface area contributed by atoms with Crippen molar-refractivity contribution in [2.45, 2.75) is 24.8 Å². The number of hydrogen-bond acceptors (Lipinski definition) is 5. The summed E-state index contributed by atoms with van der Waals surface area (Å²) in [7, 11) is -3.75. The van der Waals surface area contributed by atoms with Crippen molar-refractivity contribution in [3.8, 4) is 0 Å². The maximum atomic E-state index is 12.3. The van der Waals surface area contributed by atoms with Gasteiger partial charge in [0.05, 0.1) is 12.8 Å². The van der Waals surface area contributed by atoms with Crippen molar-refractivity contribution in [2.75, 3.05) is 0 Å². The molecule has 0 amide bonds. The lowest BCUT2D eigenvalue weighted by Crippen LogP contribution is -2.22. The molecule has 3 aromatic rings. The van der Waals surface area contributed by atoms with Crippen molar-refractivity contribution in [3.63, 3.8) is 0 Å².